The van der Waals surface area contributed by atoms with E-state index in [0.29, 0.717) is 31.5 Å². The fraction of sp³-hybridized carbons (Fsp3) is 0.471. The molecule has 1 aromatic heterocycles. The first-order valence-electron chi connectivity index (χ1n) is 8.07. The molecule has 0 N–H and O–H groups in total. The second-order valence-corrected chi connectivity index (χ2v) is 6.28. The van der Waals surface area contributed by atoms with Crippen molar-refractivity contribution < 1.29 is 18.3 Å². The molecule has 2 aliphatic rings. The molecule has 1 amide bonds. The summed E-state index contributed by atoms with van der Waals surface area (Å²) in [7, 11) is 0. The number of carbonyl (C=O) groups excluding carboxylic acids is 1. The number of ether oxygens (including phenoxy) is 1. The molecule has 1 aromatic carbocycles. The Morgan fingerprint density at radius 1 is 1.29 bits per heavy atom. The van der Waals surface area contributed by atoms with Crippen LogP contribution in [0.15, 0.2) is 28.7 Å². The van der Waals surface area contributed by atoms with E-state index in [0.717, 1.165) is 12.0 Å². The van der Waals surface area contributed by atoms with Gasteiger partial charge in [-0.2, -0.15) is 0 Å². The second-order valence-electron chi connectivity index (χ2n) is 6.28. The summed E-state index contributed by atoms with van der Waals surface area (Å²) in [4.78, 5) is 14.7. The lowest BCUT2D eigenvalue weighted by Gasteiger charge is -2.33. The highest BCUT2D eigenvalue weighted by Crippen LogP contribution is 2.49. The van der Waals surface area contributed by atoms with Crippen LogP contribution in [0, 0.1) is 18.7 Å². The first-order valence-corrected chi connectivity index (χ1v) is 8.07. The number of amides is 1. The molecule has 2 heterocycles. The topological polar surface area (TPSA) is 68.5 Å². The molecule has 1 saturated heterocycles. The number of carbonyl (C=O) groups is 1. The number of aryl methyl sites for hydroxylation is 1. The van der Waals surface area contributed by atoms with Crippen LogP contribution >= 0.6 is 0 Å². The molecular formula is C17H18FN3O3. The average Bonchev–Trinajstić information content (AvgIpc) is 3.28. The van der Waals surface area contributed by atoms with Gasteiger partial charge in [0.2, 0.25) is 17.7 Å². The van der Waals surface area contributed by atoms with Gasteiger partial charge in [0.1, 0.15) is 11.9 Å². The third kappa shape index (κ3) is 2.80. The molecule has 7 heteroatoms. The standard InChI is InChI=1S/C17H18FN3O3/c1-10-19-20-16(24-10)15-9-23-7-6-21(15)17(22)14-8-13(14)11-2-4-12(18)5-3-11/h2-5,13-15H,6-9H2,1H3/t13-,14-,15-/m0/s1. The maximum atomic E-state index is 13.0. The molecule has 0 bridgehead atoms. The number of hydrogen-bond acceptors (Lipinski definition) is 5. The highest BCUT2D eigenvalue weighted by atomic mass is 19.1. The van der Waals surface area contributed by atoms with Crippen molar-refractivity contribution in [2.75, 3.05) is 19.8 Å². The van der Waals surface area contributed by atoms with Crippen molar-refractivity contribution in [3.8, 4) is 0 Å². The Labute approximate surface area is 138 Å². The van der Waals surface area contributed by atoms with Crippen molar-refractivity contribution in [1.82, 2.24) is 15.1 Å². The van der Waals surface area contributed by atoms with Crippen LogP contribution in [0.1, 0.15) is 35.7 Å². The number of aromatic nitrogens is 2. The van der Waals surface area contributed by atoms with Gasteiger partial charge in [-0.3, -0.25) is 4.79 Å². The Hall–Kier alpha value is -2.28. The lowest BCUT2D eigenvalue weighted by atomic mass is 10.1. The Morgan fingerprint density at radius 2 is 2.08 bits per heavy atom. The fourth-order valence-corrected chi connectivity index (χ4v) is 3.28. The average molecular weight is 331 g/mol. The van der Waals surface area contributed by atoms with Crippen LogP contribution in [-0.4, -0.2) is 40.8 Å². The molecule has 0 unspecified atom stereocenters. The summed E-state index contributed by atoms with van der Waals surface area (Å²) in [5.74, 6) is 0.792. The van der Waals surface area contributed by atoms with Crippen molar-refractivity contribution in [1.29, 1.82) is 0 Å². The van der Waals surface area contributed by atoms with Crippen molar-refractivity contribution in [2.45, 2.75) is 25.3 Å². The third-order valence-corrected chi connectivity index (χ3v) is 4.64. The molecule has 3 atom stereocenters. The van der Waals surface area contributed by atoms with Gasteiger partial charge in [-0.1, -0.05) is 12.1 Å². The van der Waals surface area contributed by atoms with E-state index in [1.165, 1.54) is 12.1 Å². The largest absolute Gasteiger partial charge is 0.423 e. The molecule has 1 aliphatic heterocycles. The first kappa shape index (κ1) is 15.3. The molecule has 2 aromatic rings. The van der Waals surface area contributed by atoms with Gasteiger partial charge in [-0.15, -0.1) is 10.2 Å². The Bertz CT molecular complexity index is 746. The molecule has 0 spiro atoms. The van der Waals surface area contributed by atoms with E-state index >= 15 is 0 Å². The summed E-state index contributed by atoms with van der Waals surface area (Å²) in [5, 5.41) is 7.88. The first-order chi connectivity index (χ1) is 11.6. The minimum absolute atomic E-state index is 0.0694. The summed E-state index contributed by atoms with van der Waals surface area (Å²) in [6, 6.07) is 6.06. The van der Waals surface area contributed by atoms with Gasteiger partial charge in [0, 0.05) is 19.4 Å². The lowest BCUT2D eigenvalue weighted by molar-refractivity contribution is -0.142. The number of hydrogen-bond donors (Lipinski definition) is 0. The van der Waals surface area contributed by atoms with Gasteiger partial charge >= 0.3 is 0 Å². The third-order valence-electron chi connectivity index (χ3n) is 4.64. The number of halogens is 1. The number of rotatable bonds is 3. The molecule has 1 saturated carbocycles. The lowest BCUT2D eigenvalue weighted by Crippen LogP contribution is -2.44. The van der Waals surface area contributed by atoms with E-state index in [4.69, 9.17) is 9.15 Å². The minimum Gasteiger partial charge on any atom is -0.423 e. The quantitative estimate of drug-likeness (QED) is 0.863. The maximum absolute atomic E-state index is 13.0. The van der Waals surface area contributed by atoms with E-state index in [1.807, 2.05) is 0 Å². The molecule has 24 heavy (non-hydrogen) atoms. The van der Waals surface area contributed by atoms with E-state index in [-0.39, 0.29) is 29.6 Å². The molecule has 4 rings (SSSR count). The van der Waals surface area contributed by atoms with Crippen molar-refractivity contribution in [2.24, 2.45) is 5.92 Å². The van der Waals surface area contributed by atoms with Gasteiger partial charge in [0.15, 0.2) is 0 Å². The zero-order chi connectivity index (χ0) is 16.7. The molecule has 0 radical (unpaired) electrons. The van der Waals surface area contributed by atoms with Crippen molar-refractivity contribution >= 4 is 5.91 Å². The van der Waals surface area contributed by atoms with Gasteiger partial charge < -0.3 is 14.1 Å². The summed E-state index contributed by atoms with van der Waals surface area (Å²) < 4.78 is 24.0. The van der Waals surface area contributed by atoms with Gasteiger partial charge in [0.05, 0.1) is 13.2 Å². The van der Waals surface area contributed by atoms with E-state index < -0.39 is 0 Å². The van der Waals surface area contributed by atoms with Crippen molar-refractivity contribution in [3.05, 3.63) is 47.4 Å². The Kier molecular flexibility index (Phi) is 3.80. The molecule has 6 nitrogen and oxygen atoms in total. The second kappa shape index (κ2) is 5.98. The molecular weight excluding hydrogens is 313 g/mol. The predicted molar refractivity (Wildman–Crippen MR) is 81.6 cm³/mol. The molecule has 2 fully saturated rings. The minimum atomic E-state index is -0.332. The number of benzene rings is 1. The van der Waals surface area contributed by atoms with E-state index in [9.17, 15) is 9.18 Å². The van der Waals surface area contributed by atoms with Gasteiger partial charge in [0.25, 0.3) is 0 Å². The van der Waals surface area contributed by atoms with Crippen LogP contribution < -0.4 is 0 Å². The van der Waals surface area contributed by atoms with Crippen LogP contribution in [0.3, 0.4) is 0 Å². The number of nitrogens with zero attached hydrogens (tertiary/aromatic N) is 3. The van der Waals surface area contributed by atoms with Crippen LogP contribution in [0.25, 0.3) is 0 Å². The highest BCUT2D eigenvalue weighted by Gasteiger charge is 2.48. The van der Waals surface area contributed by atoms with Gasteiger partial charge in [-0.25, -0.2) is 4.39 Å². The fourth-order valence-electron chi connectivity index (χ4n) is 3.28. The Morgan fingerprint density at radius 3 is 2.79 bits per heavy atom. The zero-order valence-corrected chi connectivity index (χ0v) is 13.3. The molecule has 1 aliphatic carbocycles. The van der Waals surface area contributed by atoms with Crippen LogP contribution in [0.4, 0.5) is 4.39 Å². The SMILES string of the molecule is Cc1nnc([C@@H]2COCCN2C(=O)[C@H]2C[C@H]2c2ccc(F)cc2)o1. The summed E-state index contributed by atoms with van der Waals surface area (Å²) in [6.07, 6.45) is 0.789. The Balaban J connectivity index is 1.49. The zero-order valence-electron chi connectivity index (χ0n) is 13.3. The van der Waals surface area contributed by atoms with Crippen molar-refractivity contribution in [3.63, 3.8) is 0 Å². The summed E-state index contributed by atoms with van der Waals surface area (Å²) >= 11 is 0. The van der Waals surface area contributed by atoms with Crippen LogP contribution in [0.2, 0.25) is 0 Å². The van der Waals surface area contributed by atoms with Gasteiger partial charge in [-0.05, 0) is 30.0 Å². The normalized spacial score (nSPS) is 26.4. The highest BCUT2D eigenvalue weighted by molar-refractivity contribution is 5.83. The van der Waals surface area contributed by atoms with E-state index in [2.05, 4.69) is 10.2 Å². The summed E-state index contributed by atoms with van der Waals surface area (Å²) in [5.41, 5.74) is 1.01. The summed E-state index contributed by atoms with van der Waals surface area (Å²) in [6.45, 7) is 3.10. The van der Waals surface area contributed by atoms with Crippen LogP contribution in [-0.2, 0) is 9.53 Å². The van der Waals surface area contributed by atoms with Crippen LogP contribution in [0.5, 0.6) is 0 Å². The van der Waals surface area contributed by atoms with E-state index in [1.54, 1.807) is 24.0 Å². The number of morpholine rings is 1. The monoisotopic (exact) mass is 331 g/mol. The molecule has 126 valence electrons. The smallest absolute Gasteiger partial charge is 0.241 e. The predicted octanol–water partition coefficient (Wildman–Crippen LogP) is 2.22. The maximum Gasteiger partial charge on any atom is 0.241 e.